The molecule has 0 aliphatic rings. The molecule has 0 unspecified atom stereocenters. The predicted molar refractivity (Wildman–Crippen MR) is 78.3 cm³/mol. The van der Waals surface area contributed by atoms with Gasteiger partial charge in [-0.25, -0.2) is 0 Å². The molecule has 0 saturated heterocycles. The van der Waals surface area contributed by atoms with Crippen LogP contribution in [0.4, 0.5) is 0 Å². The summed E-state index contributed by atoms with van der Waals surface area (Å²) in [7, 11) is 1.57. The second kappa shape index (κ2) is 6.57. The van der Waals surface area contributed by atoms with Crippen molar-refractivity contribution < 1.29 is 14.3 Å². The van der Waals surface area contributed by atoms with E-state index in [0.717, 1.165) is 5.56 Å². The van der Waals surface area contributed by atoms with Gasteiger partial charge in [-0.15, -0.1) is 0 Å². The van der Waals surface area contributed by atoms with Crippen molar-refractivity contribution in [2.24, 2.45) is 0 Å². The molecule has 102 valence electrons. The minimum atomic E-state index is -0.171. The van der Waals surface area contributed by atoms with E-state index in [1.807, 2.05) is 30.3 Å². The van der Waals surface area contributed by atoms with Gasteiger partial charge in [0.25, 0.3) is 0 Å². The Kier molecular flexibility index (Phi) is 4.56. The lowest BCUT2D eigenvalue weighted by atomic mass is 10.1. The Balaban J connectivity index is 2.24. The maximum Gasteiger partial charge on any atom is 0.188 e. The van der Waals surface area contributed by atoms with Gasteiger partial charge in [0.05, 0.1) is 12.7 Å². The van der Waals surface area contributed by atoms with Gasteiger partial charge in [-0.3, -0.25) is 4.79 Å². The molecule has 0 aliphatic carbocycles. The normalized spacial score (nSPS) is 9.85. The second-order valence-corrected chi connectivity index (χ2v) is 4.20. The smallest absolute Gasteiger partial charge is 0.188 e. The number of hydrogen-bond donors (Lipinski definition) is 0. The van der Waals surface area contributed by atoms with E-state index in [9.17, 15) is 4.79 Å². The average molecular weight is 268 g/mol. The highest BCUT2D eigenvalue weighted by Gasteiger charge is 2.11. The molecule has 3 nitrogen and oxygen atoms in total. The number of carbonyl (C=O) groups excluding carboxylic acids is 1. The molecule has 0 N–H and O–H groups in total. The number of rotatable bonds is 6. The zero-order valence-corrected chi connectivity index (χ0v) is 11.3. The van der Waals surface area contributed by atoms with E-state index in [1.54, 1.807) is 25.3 Å². The molecule has 0 saturated carbocycles. The summed E-state index contributed by atoms with van der Waals surface area (Å²) in [4.78, 5) is 11.8. The van der Waals surface area contributed by atoms with Gasteiger partial charge in [-0.1, -0.05) is 36.9 Å². The molecule has 2 rings (SSSR count). The minimum Gasteiger partial charge on any atom is -0.497 e. The number of carbonyl (C=O) groups is 1. The Morgan fingerprint density at radius 2 is 1.95 bits per heavy atom. The molecule has 3 heteroatoms. The zero-order valence-electron chi connectivity index (χ0n) is 11.3. The van der Waals surface area contributed by atoms with Gasteiger partial charge < -0.3 is 9.47 Å². The van der Waals surface area contributed by atoms with E-state index in [-0.39, 0.29) is 5.78 Å². The van der Waals surface area contributed by atoms with Gasteiger partial charge in [0, 0.05) is 6.07 Å². The highest BCUT2D eigenvalue weighted by Crippen LogP contribution is 2.26. The fourth-order valence-electron chi connectivity index (χ4n) is 1.80. The quantitative estimate of drug-likeness (QED) is 0.592. The van der Waals surface area contributed by atoms with Crippen molar-refractivity contribution >= 4 is 5.78 Å². The highest BCUT2D eigenvalue weighted by molar-refractivity contribution is 6.06. The van der Waals surface area contributed by atoms with Crippen LogP contribution in [0.25, 0.3) is 0 Å². The molecule has 0 aromatic heterocycles. The van der Waals surface area contributed by atoms with Crippen molar-refractivity contribution in [3.63, 3.8) is 0 Å². The van der Waals surface area contributed by atoms with Gasteiger partial charge in [0.2, 0.25) is 0 Å². The summed E-state index contributed by atoms with van der Waals surface area (Å²) in [6, 6.07) is 14.9. The lowest BCUT2D eigenvalue weighted by molar-refractivity contribution is 0.104. The van der Waals surface area contributed by atoms with Crippen molar-refractivity contribution in [2.75, 3.05) is 7.11 Å². The van der Waals surface area contributed by atoms with E-state index in [1.165, 1.54) is 6.08 Å². The summed E-state index contributed by atoms with van der Waals surface area (Å²) in [6.07, 6.45) is 1.27. The third-order valence-electron chi connectivity index (χ3n) is 2.88. The van der Waals surface area contributed by atoms with Crippen molar-refractivity contribution in [3.05, 3.63) is 72.3 Å². The molecule has 0 amide bonds. The molecule has 2 aromatic rings. The molecule has 0 aliphatic heterocycles. The average Bonchev–Trinajstić information content (AvgIpc) is 2.52. The fraction of sp³-hybridized carbons (Fsp3) is 0.118. The van der Waals surface area contributed by atoms with E-state index in [2.05, 4.69) is 6.58 Å². The van der Waals surface area contributed by atoms with Crippen LogP contribution in [0.15, 0.2) is 61.2 Å². The summed E-state index contributed by atoms with van der Waals surface area (Å²) in [5, 5.41) is 0. The summed E-state index contributed by atoms with van der Waals surface area (Å²) >= 11 is 0. The van der Waals surface area contributed by atoms with Gasteiger partial charge >= 0.3 is 0 Å². The van der Waals surface area contributed by atoms with E-state index >= 15 is 0 Å². The Morgan fingerprint density at radius 1 is 1.20 bits per heavy atom. The van der Waals surface area contributed by atoms with Crippen LogP contribution in [0.1, 0.15) is 15.9 Å². The zero-order chi connectivity index (χ0) is 14.4. The van der Waals surface area contributed by atoms with Crippen molar-refractivity contribution in [3.8, 4) is 11.5 Å². The number of allylic oxidation sites excluding steroid dienone is 1. The Hall–Kier alpha value is -2.55. The number of methoxy groups -OCH3 is 1. The van der Waals surface area contributed by atoms with Crippen molar-refractivity contribution in [1.29, 1.82) is 0 Å². The summed E-state index contributed by atoms with van der Waals surface area (Å²) in [5.74, 6) is 0.975. The minimum absolute atomic E-state index is 0.171. The maximum atomic E-state index is 11.8. The third-order valence-corrected chi connectivity index (χ3v) is 2.88. The summed E-state index contributed by atoms with van der Waals surface area (Å²) < 4.78 is 10.9. The standard InChI is InChI=1S/C17H16O3/c1-3-16(18)15-10-9-14(19-2)11-17(15)20-12-13-7-5-4-6-8-13/h3-11H,1,12H2,2H3. The van der Waals surface area contributed by atoms with Crippen LogP contribution in [-0.4, -0.2) is 12.9 Å². The molecule has 0 bridgehead atoms. The first-order valence-corrected chi connectivity index (χ1v) is 6.26. The number of hydrogen-bond acceptors (Lipinski definition) is 3. The molecule has 0 spiro atoms. The van der Waals surface area contributed by atoms with E-state index in [4.69, 9.17) is 9.47 Å². The summed E-state index contributed by atoms with van der Waals surface area (Å²) in [5.41, 5.74) is 1.52. The predicted octanol–water partition coefficient (Wildman–Crippen LogP) is 3.64. The van der Waals surface area contributed by atoms with Crippen molar-refractivity contribution in [2.45, 2.75) is 6.61 Å². The first-order chi connectivity index (χ1) is 9.74. The number of benzene rings is 2. The van der Waals surface area contributed by atoms with Gasteiger partial charge in [0.15, 0.2) is 5.78 Å². The largest absolute Gasteiger partial charge is 0.497 e. The molecule has 2 aromatic carbocycles. The van der Waals surface area contributed by atoms with Crippen LogP contribution in [-0.2, 0) is 6.61 Å². The van der Waals surface area contributed by atoms with E-state index < -0.39 is 0 Å². The monoisotopic (exact) mass is 268 g/mol. The van der Waals surface area contributed by atoms with Crippen LogP contribution in [0.5, 0.6) is 11.5 Å². The lowest BCUT2D eigenvalue weighted by Gasteiger charge is -2.11. The second-order valence-electron chi connectivity index (χ2n) is 4.20. The van der Waals surface area contributed by atoms with Crippen LogP contribution in [0.2, 0.25) is 0 Å². The highest BCUT2D eigenvalue weighted by atomic mass is 16.5. The lowest BCUT2D eigenvalue weighted by Crippen LogP contribution is -2.02. The summed E-state index contributed by atoms with van der Waals surface area (Å²) in [6.45, 7) is 3.90. The Labute approximate surface area is 118 Å². The van der Waals surface area contributed by atoms with Gasteiger partial charge in [-0.2, -0.15) is 0 Å². The van der Waals surface area contributed by atoms with Crippen LogP contribution >= 0.6 is 0 Å². The maximum absolute atomic E-state index is 11.8. The molecule has 0 atom stereocenters. The molecular weight excluding hydrogens is 252 g/mol. The van der Waals surface area contributed by atoms with Crippen LogP contribution in [0.3, 0.4) is 0 Å². The Morgan fingerprint density at radius 3 is 2.60 bits per heavy atom. The van der Waals surface area contributed by atoms with Gasteiger partial charge in [-0.05, 0) is 23.8 Å². The van der Waals surface area contributed by atoms with Gasteiger partial charge in [0.1, 0.15) is 18.1 Å². The molecule has 0 heterocycles. The molecule has 20 heavy (non-hydrogen) atoms. The van der Waals surface area contributed by atoms with Crippen LogP contribution < -0.4 is 9.47 Å². The molecule has 0 radical (unpaired) electrons. The fourth-order valence-corrected chi connectivity index (χ4v) is 1.80. The first kappa shape index (κ1) is 13.9. The number of ether oxygens (including phenoxy) is 2. The molecule has 0 fully saturated rings. The molecular formula is C17H16O3. The topological polar surface area (TPSA) is 35.5 Å². The SMILES string of the molecule is C=CC(=O)c1ccc(OC)cc1OCc1ccccc1. The van der Waals surface area contributed by atoms with E-state index in [0.29, 0.717) is 23.7 Å². The third kappa shape index (κ3) is 3.26. The van der Waals surface area contributed by atoms with Crippen molar-refractivity contribution in [1.82, 2.24) is 0 Å². The number of ketones is 1. The Bertz CT molecular complexity index is 603. The first-order valence-electron chi connectivity index (χ1n) is 6.26. The van der Waals surface area contributed by atoms with Crippen LogP contribution in [0, 0.1) is 0 Å².